The molecular formula is C27H30N2O6. The van der Waals surface area contributed by atoms with E-state index in [9.17, 15) is 19.5 Å². The van der Waals surface area contributed by atoms with Crippen LogP contribution in [0.1, 0.15) is 49.1 Å². The minimum absolute atomic E-state index is 0.0334. The molecule has 1 saturated heterocycles. The van der Waals surface area contributed by atoms with Gasteiger partial charge in [-0.05, 0) is 47.4 Å². The van der Waals surface area contributed by atoms with Gasteiger partial charge in [-0.2, -0.15) is 0 Å². The molecule has 35 heavy (non-hydrogen) atoms. The first kappa shape index (κ1) is 23.4. The fraction of sp³-hybridized carbons (Fsp3) is 0.444. The number of ether oxygens (including phenoxy) is 2. The molecule has 3 aliphatic rings. The molecule has 1 unspecified atom stereocenters. The summed E-state index contributed by atoms with van der Waals surface area (Å²) in [5, 5.41) is 14.9. The molecule has 1 saturated carbocycles. The molecule has 5 rings (SSSR count). The van der Waals surface area contributed by atoms with E-state index in [0.29, 0.717) is 13.0 Å². The molecule has 1 heterocycles. The molecule has 3 atom stereocenters. The van der Waals surface area contributed by atoms with E-state index in [1.807, 2.05) is 24.3 Å². The van der Waals surface area contributed by atoms with Crippen molar-refractivity contribution in [1.82, 2.24) is 10.6 Å². The highest BCUT2D eigenvalue weighted by Gasteiger charge is 2.37. The highest BCUT2D eigenvalue weighted by Crippen LogP contribution is 2.44. The maximum atomic E-state index is 12.8. The molecule has 0 radical (unpaired) electrons. The summed E-state index contributed by atoms with van der Waals surface area (Å²) in [6, 6.07) is 15.4. The van der Waals surface area contributed by atoms with Crippen LogP contribution in [0.4, 0.5) is 4.79 Å². The van der Waals surface area contributed by atoms with Gasteiger partial charge in [0.05, 0.1) is 6.04 Å². The smallest absolute Gasteiger partial charge is 0.407 e. The molecule has 2 fully saturated rings. The third-order valence-corrected chi connectivity index (χ3v) is 7.45. The van der Waals surface area contributed by atoms with E-state index in [-0.39, 0.29) is 36.8 Å². The monoisotopic (exact) mass is 478 g/mol. The number of carbonyl (C=O) groups is 3. The Balaban J connectivity index is 1.19. The number of rotatable bonds is 8. The van der Waals surface area contributed by atoms with Crippen LogP contribution in [-0.2, 0) is 19.1 Å². The summed E-state index contributed by atoms with van der Waals surface area (Å²) in [5.74, 6) is -1.20. The minimum Gasteiger partial charge on any atom is -0.479 e. The molecule has 8 heteroatoms. The van der Waals surface area contributed by atoms with Gasteiger partial charge in [0, 0.05) is 25.0 Å². The lowest BCUT2D eigenvalue weighted by molar-refractivity contribution is -0.148. The fourth-order valence-corrected chi connectivity index (χ4v) is 5.42. The molecule has 2 amide bonds. The molecule has 0 bridgehead atoms. The number of alkyl carbamates (subject to hydrolysis) is 1. The Morgan fingerprint density at radius 2 is 1.66 bits per heavy atom. The Bertz CT molecular complexity index is 1070. The van der Waals surface area contributed by atoms with Crippen LogP contribution < -0.4 is 10.6 Å². The van der Waals surface area contributed by atoms with E-state index in [2.05, 4.69) is 34.9 Å². The number of fused-ring (bicyclic) bond motifs is 3. The Hall–Kier alpha value is -3.39. The Morgan fingerprint density at radius 1 is 1.00 bits per heavy atom. The zero-order valence-corrected chi connectivity index (χ0v) is 19.4. The van der Waals surface area contributed by atoms with Crippen molar-refractivity contribution in [2.75, 3.05) is 13.2 Å². The quantitative estimate of drug-likeness (QED) is 0.536. The first-order valence-corrected chi connectivity index (χ1v) is 12.3. The molecule has 3 N–H and O–H groups in total. The number of hydrogen-bond donors (Lipinski definition) is 3. The van der Waals surface area contributed by atoms with Crippen molar-refractivity contribution in [1.29, 1.82) is 0 Å². The summed E-state index contributed by atoms with van der Waals surface area (Å²) < 4.78 is 10.9. The van der Waals surface area contributed by atoms with Crippen molar-refractivity contribution < 1.29 is 29.0 Å². The Labute approximate surface area is 204 Å². The zero-order valence-electron chi connectivity index (χ0n) is 19.4. The van der Waals surface area contributed by atoms with Crippen molar-refractivity contribution in [3.8, 4) is 11.1 Å². The van der Waals surface area contributed by atoms with Crippen LogP contribution in [0, 0.1) is 5.92 Å². The van der Waals surface area contributed by atoms with E-state index in [4.69, 9.17) is 9.47 Å². The third-order valence-electron chi connectivity index (χ3n) is 7.45. The van der Waals surface area contributed by atoms with Crippen LogP contribution in [0.25, 0.3) is 11.1 Å². The minimum atomic E-state index is -1.08. The molecule has 184 valence electrons. The van der Waals surface area contributed by atoms with Gasteiger partial charge in [-0.15, -0.1) is 0 Å². The number of amides is 2. The normalized spacial score (nSPS) is 21.9. The summed E-state index contributed by atoms with van der Waals surface area (Å²) >= 11 is 0. The lowest BCUT2D eigenvalue weighted by atomic mass is 9.78. The third kappa shape index (κ3) is 4.89. The maximum absolute atomic E-state index is 12.8. The van der Waals surface area contributed by atoms with E-state index < -0.39 is 24.2 Å². The van der Waals surface area contributed by atoms with Gasteiger partial charge in [-0.1, -0.05) is 55.0 Å². The van der Waals surface area contributed by atoms with Crippen molar-refractivity contribution >= 4 is 18.0 Å². The van der Waals surface area contributed by atoms with E-state index in [1.54, 1.807) is 0 Å². The molecule has 8 nitrogen and oxygen atoms in total. The second-order valence-electron chi connectivity index (χ2n) is 9.56. The number of carboxylic acids is 1. The highest BCUT2D eigenvalue weighted by atomic mass is 16.5. The van der Waals surface area contributed by atoms with Crippen molar-refractivity contribution in [3.63, 3.8) is 0 Å². The van der Waals surface area contributed by atoms with Gasteiger partial charge in [0.1, 0.15) is 6.61 Å². The van der Waals surface area contributed by atoms with Gasteiger partial charge >= 0.3 is 12.1 Å². The molecule has 2 aliphatic carbocycles. The van der Waals surface area contributed by atoms with Crippen LogP contribution in [0.5, 0.6) is 0 Å². The van der Waals surface area contributed by atoms with Gasteiger partial charge in [-0.3, -0.25) is 4.79 Å². The largest absolute Gasteiger partial charge is 0.479 e. The van der Waals surface area contributed by atoms with Crippen LogP contribution in [-0.4, -0.2) is 54.5 Å². The summed E-state index contributed by atoms with van der Waals surface area (Å²) in [7, 11) is 0. The molecule has 0 aromatic heterocycles. The van der Waals surface area contributed by atoms with E-state index >= 15 is 0 Å². The number of hydrogen-bond acceptors (Lipinski definition) is 5. The van der Waals surface area contributed by atoms with Gasteiger partial charge in [0.2, 0.25) is 5.91 Å². The SMILES string of the molecule is O=C(CC(NC(=O)OCC1c2ccccc2-c2ccccc21)C1CCC1)N[C@H]1CCO[C@H]1C(=O)O. The van der Waals surface area contributed by atoms with Crippen molar-refractivity contribution in [2.45, 2.75) is 56.2 Å². The number of carboxylic acid groups (broad SMARTS) is 1. The Morgan fingerprint density at radius 3 is 2.26 bits per heavy atom. The maximum Gasteiger partial charge on any atom is 0.407 e. The molecule has 1 aliphatic heterocycles. The van der Waals surface area contributed by atoms with E-state index in [0.717, 1.165) is 41.5 Å². The highest BCUT2D eigenvalue weighted by molar-refractivity contribution is 5.81. The molecule has 2 aromatic rings. The van der Waals surface area contributed by atoms with Gasteiger partial charge in [0.15, 0.2) is 6.10 Å². The standard InChI is InChI=1S/C27H30N2O6/c30-24(28-22-12-13-34-25(22)26(31)32)14-23(16-6-5-7-16)29-27(33)35-15-21-19-10-3-1-8-17(19)18-9-2-4-11-20(18)21/h1-4,8-11,16,21-23,25H,5-7,12-15H2,(H,28,30)(H,29,33)(H,31,32)/t22-,23?,25+/m0/s1. The van der Waals surface area contributed by atoms with Gasteiger partial charge < -0.3 is 25.2 Å². The van der Waals surface area contributed by atoms with Crippen LogP contribution in [0.15, 0.2) is 48.5 Å². The topological polar surface area (TPSA) is 114 Å². The Kier molecular flexibility index (Phi) is 6.72. The molecule has 0 spiro atoms. The zero-order chi connectivity index (χ0) is 24.4. The van der Waals surface area contributed by atoms with Gasteiger partial charge in [-0.25, -0.2) is 9.59 Å². The average molecular weight is 479 g/mol. The summed E-state index contributed by atoms with van der Waals surface area (Å²) in [6.45, 7) is 0.509. The first-order chi connectivity index (χ1) is 17.0. The number of nitrogens with one attached hydrogen (secondary N) is 2. The van der Waals surface area contributed by atoms with Gasteiger partial charge in [0.25, 0.3) is 0 Å². The van der Waals surface area contributed by atoms with Crippen LogP contribution >= 0.6 is 0 Å². The van der Waals surface area contributed by atoms with E-state index in [1.165, 1.54) is 0 Å². The summed E-state index contributed by atoms with van der Waals surface area (Å²) in [6.07, 6.45) is 1.90. The van der Waals surface area contributed by atoms with Crippen molar-refractivity contribution in [2.24, 2.45) is 5.92 Å². The molecule has 2 aromatic carbocycles. The summed E-state index contributed by atoms with van der Waals surface area (Å²) in [5.41, 5.74) is 4.61. The first-order valence-electron chi connectivity index (χ1n) is 12.3. The van der Waals surface area contributed by atoms with Crippen LogP contribution in [0.2, 0.25) is 0 Å². The molecular weight excluding hydrogens is 448 g/mol. The lowest BCUT2D eigenvalue weighted by Crippen LogP contribution is -2.49. The summed E-state index contributed by atoms with van der Waals surface area (Å²) in [4.78, 5) is 36.8. The second kappa shape index (κ2) is 10.1. The predicted molar refractivity (Wildman–Crippen MR) is 128 cm³/mol. The second-order valence-corrected chi connectivity index (χ2v) is 9.56. The number of aliphatic carboxylic acids is 1. The predicted octanol–water partition coefficient (Wildman–Crippen LogP) is 3.44. The average Bonchev–Trinajstić information content (AvgIpc) is 3.39. The lowest BCUT2D eigenvalue weighted by Gasteiger charge is -2.34. The number of benzene rings is 2. The fourth-order valence-electron chi connectivity index (χ4n) is 5.42. The van der Waals surface area contributed by atoms with Crippen LogP contribution in [0.3, 0.4) is 0 Å². The van der Waals surface area contributed by atoms with Crippen molar-refractivity contribution in [3.05, 3.63) is 59.7 Å². The number of carbonyl (C=O) groups excluding carboxylic acids is 2.